The summed E-state index contributed by atoms with van der Waals surface area (Å²) in [4.78, 5) is 15.2. The van der Waals surface area contributed by atoms with Gasteiger partial charge in [-0.15, -0.1) is 0 Å². The SMILES string of the molecule is CCCCCCCCCCOc1ccc(-c2ccc(C(=O)Oc3ccc(N=Nc4ccc5c(c4)C=CC4(O5)N(C)c5ccccc5C4(C)C)cc3)cc2)cc1. The Labute approximate surface area is 325 Å². The van der Waals surface area contributed by atoms with Gasteiger partial charge >= 0.3 is 5.97 Å². The highest BCUT2D eigenvalue weighted by Crippen LogP contribution is 2.54. The summed E-state index contributed by atoms with van der Waals surface area (Å²) in [6.45, 7) is 7.46. The van der Waals surface area contributed by atoms with Crippen molar-refractivity contribution in [2.45, 2.75) is 83.3 Å². The molecule has 2 heterocycles. The predicted octanol–water partition coefficient (Wildman–Crippen LogP) is 13.0. The van der Waals surface area contributed by atoms with E-state index in [9.17, 15) is 4.79 Å². The van der Waals surface area contributed by atoms with E-state index in [2.05, 4.69) is 91.5 Å². The summed E-state index contributed by atoms with van der Waals surface area (Å²) in [7, 11) is 2.09. The van der Waals surface area contributed by atoms with Crippen LogP contribution in [0.1, 0.15) is 93.6 Å². The largest absolute Gasteiger partial charge is 0.494 e. The highest BCUT2D eigenvalue weighted by Gasteiger charge is 2.57. The zero-order valence-electron chi connectivity index (χ0n) is 32.5. The Morgan fingerprint density at radius 1 is 0.709 bits per heavy atom. The van der Waals surface area contributed by atoms with Crippen LogP contribution in [0.4, 0.5) is 17.1 Å². The van der Waals surface area contributed by atoms with Gasteiger partial charge in [0.15, 0.2) is 0 Å². The third-order valence-corrected chi connectivity index (χ3v) is 11.0. The second-order valence-corrected chi connectivity index (χ2v) is 15.1. The minimum absolute atomic E-state index is 0.258. The molecule has 0 saturated carbocycles. The molecule has 5 aromatic carbocycles. The van der Waals surface area contributed by atoms with E-state index in [-0.39, 0.29) is 5.41 Å². The average molecular weight is 734 g/mol. The number of unbranched alkanes of at least 4 members (excludes halogenated alkanes) is 7. The molecule has 0 N–H and O–H groups in total. The lowest BCUT2D eigenvalue weighted by Gasteiger charge is -2.45. The number of likely N-dealkylation sites (N-methyl/N-ethyl adjacent to an activating group) is 1. The Balaban J connectivity index is 0.887. The van der Waals surface area contributed by atoms with E-state index < -0.39 is 11.7 Å². The van der Waals surface area contributed by atoms with Crippen LogP contribution in [-0.4, -0.2) is 25.3 Å². The van der Waals surface area contributed by atoms with Crippen LogP contribution in [0.25, 0.3) is 17.2 Å². The molecule has 0 saturated heterocycles. The quantitative estimate of drug-likeness (QED) is 0.0463. The highest BCUT2D eigenvalue weighted by molar-refractivity contribution is 5.91. The number of hydrogen-bond acceptors (Lipinski definition) is 7. The number of carbonyl (C=O) groups excluding carboxylic acids is 1. The Kier molecular flexibility index (Phi) is 11.5. The highest BCUT2D eigenvalue weighted by atomic mass is 16.5. The summed E-state index contributed by atoms with van der Waals surface area (Å²) in [5.74, 6) is 1.70. The lowest BCUT2D eigenvalue weighted by Crippen LogP contribution is -2.58. The summed E-state index contributed by atoms with van der Waals surface area (Å²) in [6.07, 6.45) is 14.5. The monoisotopic (exact) mass is 733 g/mol. The number of ether oxygens (including phenoxy) is 3. The maximum absolute atomic E-state index is 12.9. The molecule has 0 radical (unpaired) electrons. The van der Waals surface area contributed by atoms with Crippen molar-refractivity contribution in [1.29, 1.82) is 0 Å². The summed E-state index contributed by atoms with van der Waals surface area (Å²) in [5.41, 5.74) is 6.40. The Hall–Kier alpha value is -5.69. The van der Waals surface area contributed by atoms with Gasteiger partial charge in [-0.1, -0.05) is 94.3 Å². The Morgan fingerprint density at radius 2 is 1.33 bits per heavy atom. The minimum atomic E-state index is -0.629. The fourth-order valence-corrected chi connectivity index (χ4v) is 7.66. The van der Waals surface area contributed by atoms with Gasteiger partial charge in [0, 0.05) is 18.3 Å². The summed E-state index contributed by atoms with van der Waals surface area (Å²) >= 11 is 0. The Bertz CT molecular complexity index is 2140. The molecule has 2 aliphatic heterocycles. The molecule has 0 bridgehead atoms. The summed E-state index contributed by atoms with van der Waals surface area (Å²) < 4.78 is 18.4. The third-order valence-electron chi connectivity index (χ3n) is 11.0. The molecule has 0 aromatic heterocycles. The lowest BCUT2D eigenvalue weighted by molar-refractivity contribution is 0.0582. The maximum atomic E-state index is 12.9. The first-order valence-corrected chi connectivity index (χ1v) is 19.7. The van der Waals surface area contributed by atoms with Gasteiger partial charge in [0.2, 0.25) is 5.72 Å². The van der Waals surface area contributed by atoms with Crippen LogP contribution in [0.5, 0.6) is 17.2 Å². The van der Waals surface area contributed by atoms with Gasteiger partial charge in [0.25, 0.3) is 0 Å². The van der Waals surface area contributed by atoms with Gasteiger partial charge in [-0.05, 0) is 122 Å². The number of rotatable bonds is 15. The van der Waals surface area contributed by atoms with Crippen LogP contribution in [0.2, 0.25) is 0 Å². The standard InChI is InChI=1S/C48H51N3O4/c1-5-6-7-8-9-10-11-14-33-53-41-26-21-36(22-27-41)35-17-19-37(20-18-35)46(52)54-42-28-23-39(24-29-42)49-50-40-25-30-45-38(34-40)31-32-48(55-45)47(2,3)43-15-12-13-16-44(43)51(48)4/h12-13,15-32,34H,5-11,14,33H2,1-4H3. The van der Waals surface area contributed by atoms with Crippen molar-refractivity contribution in [1.82, 2.24) is 0 Å². The van der Waals surface area contributed by atoms with Crippen molar-refractivity contribution >= 4 is 29.1 Å². The number of azo groups is 1. The summed E-state index contributed by atoms with van der Waals surface area (Å²) in [6, 6.07) is 36.9. The van der Waals surface area contributed by atoms with Crippen molar-refractivity contribution in [3.63, 3.8) is 0 Å². The van der Waals surface area contributed by atoms with Crippen molar-refractivity contribution in [2.75, 3.05) is 18.6 Å². The van der Waals surface area contributed by atoms with E-state index in [4.69, 9.17) is 14.2 Å². The second kappa shape index (κ2) is 16.8. The van der Waals surface area contributed by atoms with Crippen LogP contribution >= 0.6 is 0 Å². The second-order valence-electron chi connectivity index (χ2n) is 15.1. The molecule has 2 aliphatic rings. The number of carbonyl (C=O) groups is 1. The molecule has 1 atom stereocenters. The lowest BCUT2D eigenvalue weighted by atomic mass is 9.76. The Morgan fingerprint density at radius 3 is 2.04 bits per heavy atom. The van der Waals surface area contributed by atoms with Gasteiger partial charge in [-0.3, -0.25) is 0 Å². The summed E-state index contributed by atoms with van der Waals surface area (Å²) in [5, 5.41) is 8.89. The van der Waals surface area contributed by atoms with Crippen LogP contribution < -0.4 is 19.1 Å². The van der Waals surface area contributed by atoms with Crippen molar-refractivity contribution in [3.8, 4) is 28.4 Å². The third kappa shape index (κ3) is 8.21. The van der Waals surface area contributed by atoms with Gasteiger partial charge in [0.1, 0.15) is 17.2 Å². The molecule has 0 fully saturated rings. The zero-order valence-corrected chi connectivity index (χ0v) is 32.5. The molecular formula is C48H51N3O4. The van der Waals surface area contributed by atoms with E-state index in [1.165, 1.54) is 56.2 Å². The first-order chi connectivity index (χ1) is 26.8. The van der Waals surface area contributed by atoms with Crippen molar-refractivity contribution in [3.05, 3.63) is 138 Å². The van der Waals surface area contributed by atoms with Crippen LogP contribution in [0.15, 0.2) is 132 Å². The van der Waals surface area contributed by atoms with E-state index in [1.807, 2.05) is 42.5 Å². The number of fused-ring (bicyclic) bond motifs is 2. The van der Waals surface area contributed by atoms with Gasteiger partial charge < -0.3 is 19.1 Å². The first-order valence-electron chi connectivity index (χ1n) is 19.7. The van der Waals surface area contributed by atoms with Gasteiger partial charge in [0.05, 0.1) is 29.0 Å². The van der Waals surface area contributed by atoms with E-state index >= 15 is 0 Å². The molecule has 1 spiro atoms. The predicted molar refractivity (Wildman–Crippen MR) is 222 cm³/mol. The molecule has 5 aromatic rings. The van der Waals surface area contributed by atoms with Crippen LogP contribution in [-0.2, 0) is 5.41 Å². The number of benzene rings is 5. The van der Waals surface area contributed by atoms with Crippen molar-refractivity contribution < 1.29 is 19.0 Å². The number of para-hydroxylation sites is 1. The molecule has 282 valence electrons. The molecule has 1 unspecified atom stereocenters. The smallest absolute Gasteiger partial charge is 0.343 e. The molecule has 0 aliphatic carbocycles. The van der Waals surface area contributed by atoms with E-state index in [1.54, 1.807) is 36.4 Å². The normalized spacial score (nSPS) is 16.5. The average Bonchev–Trinajstić information content (AvgIpc) is 3.37. The fraction of sp³-hybridized carbons (Fsp3) is 0.312. The number of nitrogens with zero attached hydrogens (tertiary/aromatic N) is 3. The molecule has 55 heavy (non-hydrogen) atoms. The van der Waals surface area contributed by atoms with E-state index in [0.717, 1.165) is 41.2 Å². The molecule has 0 amide bonds. The first kappa shape index (κ1) is 37.6. The molecule has 7 nitrogen and oxygen atoms in total. The van der Waals surface area contributed by atoms with Gasteiger partial charge in [-0.2, -0.15) is 10.2 Å². The topological polar surface area (TPSA) is 72.7 Å². The van der Waals surface area contributed by atoms with E-state index in [0.29, 0.717) is 22.7 Å². The number of hydrogen-bond donors (Lipinski definition) is 0. The number of esters is 1. The minimum Gasteiger partial charge on any atom is -0.494 e. The maximum Gasteiger partial charge on any atom is 0.343 e. The number of anilines is 1. The molecular weight excluding hydrogens is 683 g/mol. The van der Waals surface area contributed by atoms with Gasteiger partial charge in [-0.25, -0.2) is 4.79 Å². The fourth-order valence-electron chi connectivity index (χ4n) is 7.66. The van der Waals surface area contributed by atoms with Crippen LogP contribution in [0, 0.1) is 0 Å². The van der Waals surface area contributed by atoms with Crippen LogP contribution in [0.3, 0.4) is 0 Å². The molecule has 7 heteroatoms. The molecule has 7 rings (SSSR count). The van der Waals surface area contributed by atoms with Crippen molar-refractivity contribution in [2.24, 2.45) is 10.2 Å². The zero-order chi connectivity index (χ0) is 38.3.